The van der Waals surface area contributed by atoms with Crippen molar-refractivity contribution in [2.75, 3.05) is 0 Å². The van der Waals surface area contributed by atoms with Crippen molar-refractivity contribution in [2.45, 2.75) is 31.3 Å². The van der Waals surface area contributed by atoms with Gasteiger partial charge in [0.15, 0.2) is 0 Å². The Morgan fingerprint density at radius 3 is 2.91 bits per heavy atom. The van der Waals surface area contributed by atoms with Gasteiger partial charge in [0.1, 0.15) is 0 Å². The van der Waals surface area contributed by atoms with Gasteiger partial charge in [0, 0.05) is 0 Å². The number of amides is 2. The van der Waals surface area contributed by atoms with E-state index in [9.17, 15) is 4.79 Å². The van der Waals surface area contributed by atoms with E-state index in [2.05, 4.69) is 17.2 Å². The molecule has 0 aromatic rings. The average Bonchev–Trinajstić information content (AvgIpc) is 2.27. The lowest BCUT2D eigenvalue weighted by molar-refractivity contribution is 0.247. The molecule has 1 saturated heterocycles. The summed E-state index contributed by atoms with van der Waals surface area (Å²) in [6.45, 7) is 3.92. The molecule has 2 fully saturated rings. The van der Waals surface area contributed by atoms with E-state index in [4.69, 9.17) is 0 Å². The smallest absolute Gasteiger partial charge is 0.315 e. The number of nitrogens with one attached hydrogen (secondary N) is 2. The Balaban J connectivity index is 2.08. The highest BCUT2D eigenvalue weighted by Crippen LogP contribution is 2.24. The minimum absolute atomic E-state index is 0.0188. The zero-order valence-electron chi connectivity index (χ0n) is 6.39. The van der Waals surface area contributed by atoms with Crippen LogP contribution in [0.4, 0.5) is 4.79 Å². The molecular weight excluding hydrogens is 140 g/mol. The summed E-state index contributed by atoms with van der Waals surface area (Å²) < 4.78 is 0. The van der Waals surface area contributed by atoms with Crippen LogP contribution in [0, 0.1) is 0 Å². The van der Waals surface area contributed by atoms with Crippen LogP contribution in [-0.2, 0) is 0 Å². The molecule has 0 spiro atoms. The Hall–Kier alpha value is -0.990. The molecule has 0 aromatic heterocycles. The quantitative estimate of drug-likeness (QED) is 0.495. The molecule has 2 atom stereocenters. The van der Waals surface area contributed by atoms with Gasteiger partial charge in [0.25, 0.3) is 0 Å². The third kappa shape index (κ3) is 1.11. The van der Waals surface area contributed by atoms with Crippen molar-refractivity contribution < 1.29 is 4.79 Å². The fourth-order valence-electron chi connectivity index (χ4n) is 1.82. The van der Waals surface area contributed by atoms with Crippen molar-refractivity contribution in [1.29, 1.82) is 0 Å². The highest BCUT2D eigenvalue weighted by Gasteiger charge is 2.34. The first-order valence-electron chi connectivity index (χ1n) is 3.99. The molecule has 11 heavy (non-hydrogen) atoms. The van der Waals surface area contributed by atoms with Crippen LogP contribution >= 0.6 is 0 Å². The predicted octanol–water partition coefficient (Wildman–Crippen LogP) is 0.776. The first-order valence-corrected chi connectivity index (χ1v) is 3.99. The monoisotopic (exact) mass is 152 g/mol. The largest absolute Gasteiger partial charge is 0.333 e. The van der Waals surface area contributed by atoms with E-state index in [1.165, 1.54) is 5.57 Å². The number of carbonyl (C=O) groups is 1. The molecule has 3 heteroatoms. The van der Waals surface area contributed by atoms with Crippen molar-refractivity contribution in [3.63, 3.8) is 0 Å². The molecule has 2 aliphatic rings. The molecule has 0 bridgehead atoms. The molecule has 2 unspecified atom stereocenters. The second-order valence-corrected chi connectivity index (χ2v) is 3.32. The van der Waals surface area contributed by atoms with E-state index >= 15 is 0 Å². The average molecular weight is 152 g/mol. The first-order chi connectivity index (χ1) is 5.25. The highest BCUT2D eigenvalue weighted by molar-refractivity contribution is 5.77. The van der Waals surface area contributed by atoms with Gasteiger partial charge in [-0.1, -0.05) is 12.2 Å². The summed E-state index contributed by atoms with van der Waals surface area (Å²) in [5.41, 5.74) is 1.26. The van der Waals surface area contributed by atoms with E-state index < -0.39 is 0 Å². The molecule has 3 nitrogen and oxygen atoms in total. The predicted molar refractivity (Wildman–Crippen MR) is 42.2 cm³/mol. The summed E-state index contributed by atoms with van der Waals surface area (Å²) in [5, 5.41) is 5.76. The molecule has 1 aliphatic heterocycles. The molecule has 0 radical (unpaired) electrons. The SMILES string of the molecule is C=C1CCC2NC(=O)NC2C1. The number of carbonyl (C=O) groups excluding carboxylic acids is 1. The fraction of sp³-hybridized carbons (Fsp3) is 0.625. The van der Waals surface area contributed by atoms with Crippen molar-refractivity contribution in [1.82, 2.24) is 10.6 Å². The lowest BCUT2D eigenvalue weighted by Crippen LogP contribution is -2.36. The molecule has 2 amide bonds. The van der Waals surface area contributed by atoms with E-state index in [1.807, 2.05) is 0 Å². The van der Waals surface area contributed by atoms with E-state index in [-0.39, 0.29) is 6.03 Å². The third-order valence-electron chi connectivity index (χ3n) is 2.44. The van der Waals surface area contributed by atoms with Crippen LogP contribution < -0.4 is 10.6 Å². The summed E-state index contributed by atoms with van der Waals surface area (Å²) in [6.07, 6.45) is 3.05. The Labute approximate surface area is 65.9 Å². The van der Waals surface area contributed by atoms with Crippen molar-refractivity contribution in [3.8, 4) is 0 Å². The highest BCUT2D eigenvalue weighted by atomic mass is 16.2. The van der Waals surface area contributed by atoms with Gasteiger partial charge in [-0.3, -0.25) is 0 Å². The topological polar surface area (TPSA) is 41.1 Å². The molecule has 2 N–H and O–H groups in total. The second kappa shape index (κ2) is 2.26. The van der Waals surface area contributed by atoms with Crippen LogP contribution in [0.2, 0.25) is 0 Å². The van der Waals surface area contributed by atoms with Crippen LogP contribution in [0.3, 0.4) is 0 Å². The molecule has 2 rings (SSSR count). The molecule has 60 valence electrons. The van der Waals surface area contributed by atoms with Gasteiger partial charge in [-0.25, -0.2) is 4.79 Å². The van der Waals surface area contributed by atoms with Gasteiger partial charge in [-0.05, 0) is 19.3 Å². The number of hydrogen-bond acceptors (Lipinski definition) is 1. The summed E-state index contributed by atoms with van der Waals surface area (Å²) in [4.78, 5) is 10.9. The number of hydrogen-bond donors (Lipinski definition) is 2. The van der Waals surface area contributed by atoms with Crippen molar-refractivity contribution in [2.24, 2.45) is 0 Å². The van der Waals surface area contributed by atoms with Gasteiger partial charge in [-0.2, -0.15) is 0 Å². The summed E-state index contributed by atoms with van der Waals surface area (Å²) in [6, 6.07) is 0.645. The van der Waals surface area contributed by atoms with Gasteiger partial charge in [-0.15, -0.1) is 0 Å². The van der Waals surface area contributed by atoms with Gasteiger partial charge < -0.3 is 10.6 Å². The number of rotatable bonds is 0. The van der Waals surface area contributed by atoms with E-state index in [0.29, 0.717) is 12.1 Å². The summed E-state index contributed by atoms with van der Waals surface area (Å²) >= 11 is 0. The van der Waals surface area contributed by atoms with Crippen LogP contribution in [0.15, 0.2) is 12.2 Å². The lowest BCUT2D eigenvalue weighted by Gasteiger charge is -2.24. The molecule has 0 aromatic carbocycles. The molecular formula is C8H12N2O. The third-order valence-corrected chi connectivity index (χ3v) is 2.44. The van der Waals surface area contributed by atoms with Gasteiger partial charge in [0.2, 0.25) is 0 Å². The zero-order valence-corrected chi connectivity index (χ0v) is 6.39. The molecule has 1 aliphatic carbocycles. The van der Waals surface area contributed by atoms with Gasteiger partial charge in [0.05, 0.1) is 12.1 Å². The zero-order chi connectivity index (χ0) is 7.84. The van der Waals surface area contributed by atoms with E-state index in [1.54, 1.807) is 0 Å². The van der Waals surface area contributed by atoms with E-state index in [0.717, 1.165) is 19.3 Å². The Morgan fingerprint density at radius 2 is 2.09 bits per heavy atom. The second-order valence-electron chi connectivity index (χ2n) is 3.32. The van der Waals surface area contributed by atoms with Crippen LogP contribution in [0.25, 0.3) is 0 Å². The van der Waals surface area contributed by atoms with Crippen LogP contribution in [-0.4, -0.2) is 18.1 Å². The van der Waals surface area contributed by atoms with Crippen LogP contribution in [0.1, 0.15) is 19.3 Å². The standard InChI is InChI=1S/C8H12N2O/c1-5-2-3-6-7(4-5)10-8(11)9-6/h6-7H,1-4H2,(H2,9,10,11). The number of urea groups is 1. The maximum Gasteiger partial charge on any atom is 0.315 e. The van der Waals surface area contributed by atoms with Crippen molar-refractivity contribution >= 4 is 6.03 Å². The maximum absolute atomic E-state index is 10.9. The van der Waals surface area contributed by atoms with Crippen LogP contribution in [0.5, 0.6) is 0 Å². The first kappa shape index (κ1) is 6.70. The molecule has 1 heterocycles. The van der Waals surface area contributed by atoms with Crippen molar-refractivity contribution in [3.05, 3.63) is 12.2 Å². The number of fused-ring (bicyclic) bond motifs is 1. The Morgan fingerprint density at radius 1 is 1.36 bits per heavy atom. The summed E-state index contributed by atoms with van der Waals surface area (Å²) in [7, 11) is 0. The Kier molecular flexibility index (Phi) is 1.37. The molecule has 1 saturated carbocycles. The fourth-order valence-corrected chi connectivity index (χ4v) is 1.82. The summed E-state index contributed by atoms with van der Waals surface area (Å²) in [5.74, 6) is 0. The maximum atomic E-state index is 10.9. The lowest BCUT2D eigenvalue weighted by atomic mass is 9.89. The minimum Gasteiger partial charge on any atom is -0.333 e. The van der Waals surface area contributed by atoms with Gasteiger partial charge >= 0.3 is 6.03 Å². The Bertz CT molecular complexity index is 210. The normalized spacial score (nSPS) is 36.0. The minimum atomic E-state index is -0.0188.